The smallest absolute Gasteiger partial charge is 0.159 e. The van der Waals surface area contributed by atoms with Crippen LogP contribution in [-0.4, -0.2) is 0 Å². The van der Waals surface area contributed by atoms with Gasteiger partial charge in [0.2, 0.25) is 0 Å². The van der Waals surface area contributed by atoms with Crippen molar-refractivity contribution in [3.8, 4) is 0 Å². The van der Waals surface area contributed by atoms with Crippen molar-refractivity contribution in [2.24, 2.45) is 5.92 Å². The van der Waals surface area contributed by atoms with Crippen LogP contribution in [0.4, 0.5) is 8.78 Å². The lowest BCUT2D eigenvalue weighted by atomic mass is 9.89. The van der Waals surface area contributed by atoms with E-state index in [0.717, 1.165) is 17.6 Å². The van der Waals surface area contributed by atoms with E-state index >= 15 is 0 Å². The minimum Gasteiger partial charge on any atom is -0.204 e. The van der Waals surface area contributed by atoms with Crippen LogP contribution < -0.4 is 0 Å². The first-order valence-corrected chi connectivity index (χ1v) is 8.54. The monoisotopic (exact) mass is 304 g/mol. The van der Waals surface area contributed by atoms with Gasteiger partial charge in [0.05, 0.1) is 0 Å². The Morgan fingerprint density at radius 3 is 2.45 bits per heavy atom. The van der Waals surface area contributed by atoms with E-state index in [4.69, 9.17) is 0 Å². The molecule has 120 valence electrons. The van der Waals surface area contributed by atoms with Crippen LogP contribution in [0.15, 0.2) is 36.4 Å². The third kappa shape index (κ3) is 5.08. The summed E-state index contributed by atoms with van der Waals surface area (Å²) in [7, 11) is 0. The highest BCUT2D eigenvalue weighted by molar-refractivity contribution is 5.74. The topological polar surface area (TPSA) is 0 Å². The highest BCUT2D eigenvalue weighted by Gasteiger charge is 2.11. The minimum absolute atomic E-state index is 0.597. The first-order valence-electron chi connectivity index (χ1n) is 8.54. The number of hydrogen-bond acceptors (Lipinski definition) is 0. The largest absolute Gasteiger partial charge is 0.204 e. The molecule has 0 saturated heterocycles. The van der Waals surface area contributed by atoms with E-state index in [1.807, 2.05) is 0 Å². The van der Waals surface area contributed by atoms with Crippen LogP contribution in [0.5, 0.6) is 0 Å². The van der Waals surface area contributed by atoms with Gasteiger partial charge in [-0.25, -0.2) is 8.78 Å². The van der Waals surface area contributed by atoms with Crippen LogP contribution in [-0.2, 0) is 0 Å². The van der Waals surface area contributed by atoms with Gasteiger partial charge in [-0.15, -0.1) is 0 Å². The third-order valence-corrected chi connectivity index (χ3v) is 4.37. The Hall–Kier alpha value is -1.44. The van der Waals surface area contributed by atoms with Crippen molar-refractivity contribution in [2.75, 3.05) is 0 Å². The Labute approximate surface area is 132 Å². The van der Waals surface area contributed by atoms with Gasteiger partial charge < -0.3 is 0 Å². The zero-order chi connectivity index (χ0) is 15.8. The van der Waals surface area contributed by atoms with Crippen LogP contribution in [0.3, 0.4) is 0 Å². The summed E-state index contributed by atoms with van der Waals surface area (Å²) in [5.74, 6) is -0.966. The van der Waals surface area contributed by atoms with E-state index in [2.05, 4.69) is 25.2 Å². The normalized spacial score (nSPS) is 17.6. The average molecular weight is 304 g/mol. The van der Waals surface area contributed by atoms with E-state index in [1.165, 1.54) is 57.1 Å². The summed E-state index contributed by atoms with van der Waals surface area (Å²) >= 11 is 0. The molecule has 0 heterocycles. The van der Waals surface area contributed by atoms with Crippen molar-refractivity contribution in [1.82, 2.24) is 0 Å². The van der Waals surface area contributed by atoms with Gasteiger partial charge in [0.15, 0.2) is 11.6 Å². The van der Waals surface area contributed by atoms with E-state index < -0.39 is 11.6 Å². The Morgan fingerprint density at radius 2 is 1.77 bits per heavy atom. The second kappa shape index (κ2) is 8.87. The molecule has 0 fully saturated rings. The summed E-state index contributed by atoms with van der Waals surface area (Å²) in [4.78, 5) is 0. The minimum atomic E-state index is -0.787. The second-order valence-electron chi connectivity index (χ2n) is 6.20. The summed E-state index contributed by atoms with van der Waals surface area (Å²) in [5, 5.41) is 0. The van der Waals surface area contributed by atoms with Crippen molar-refractivity contribution in [3.63, 3.8) is 0 Å². The highest BCUT2D eigenvalue weighted by atomic mass is 19.2. The molecule has 0 aliphatic heterocycles. The molecule has 1 unspecified atom stereocenters. The predicted molar refractivity (Wildman–Crippen MR) is 89.6 cm³/mol. The number of allylic oxidation sites excluding steroid dienone is 4. The van der Waals surface area contributed by atoms with E-state index in [9.17, 15) is 8.78 Å². The number of hydrogen-bond donors (Lipinski definition) is 0. The Kier molecular flexibility index (Phi) is 6.82. The first-order chi connectivity index (χ1) is 10.7. The molecule has 0 nitrogen and oxygen atoms in total. The van der Waals surface area contributed by atoms with Crippen LogP contribution in [0.1, 0.15) is 63.9 Å². The van der Waals surface area contributed by atoms with Gasteiger partial charge >= 0.3 is 0 Å². The van der Waals surface area contributed by atoms with Crippen molar-refractivity contribution < 1.29 is 8.78 Å². The fraction of sp³-hybridized carbons (Fsp3) is 0.500. The Balaban J connectivity index is 1.75. The molecule has 0 aromatic heterocycles. The molecule has 0 amide bonds. The van der Waals surface area contributed by atoms with Crippen LogP contribution in [0, 0.1) is 17.6 Å². The summed E-state index contributed by atoms with van der Waals surface area (Å²) in [6.07, 6.45) is 16.6. The molecular formula is C20H26F2. The summed E-state index contributed by atoms with van der Waals surface area (Å²) in [6, 6.07) is 4.12. The molecule has 0 radical (unpaired) electrons. The molecule has 1 aromatic rings. The maximum absolute atomic E-state index is 13.3. The molecule has 2 rings (SSSR count). The molecule has 0 bridgehead atoms. The fourth-order valence-corrected chi connectivity index (χ4v) is 2.96. The number of benzene rings is 1. The molecule has 1 aliphatic rings. The van der Waals surface area contributed by atoms with E-state index in [0.29, 0.717) is 5.92 Å². The molecule has 2 heteroatoms. The summed E-state index contributed by atoms with van der Waals surface area (Å²) in [5.41, 5.74) is 1.76. The van der Waals surface area contributed by atoms with Gasteiger partial charge in [0.1, 0.15) is 0 Å². The van der Waals surface area contributed by atoms with Gasteiger partial charge in [-0.2, -0.15) is 0 Å². The van der Waals surface area contributed by atoms with E-state index in [1.54, 1.807) is 6.07 Å². The third-order valence-electron chi connectivity index (χ3n) is 4.37. The lowest BCUT2D eigenvalue weighted by Crippen LogP contribution is -2.00. The predicted octanol–water partition coefficient (Wildman–Crippen LogP) is 6.67. The van der Waals surface area contributed by atoms with Crippen molar-refractivity contribution >= 4 is 5.57 Å². The molecule has 1 aliphatic carbocycles. The van der Waals surface area contributed by atoms with Crippen LogP contribution >= 0.6 is 0 Å². The molecule has 1 aromatic carbocycles. The number of rotatable bonds is 8. The second-order valence-corrected chi connectivity index (χ2v) is 6.20. The first kappa shape index (κ1) is 16.9. The molecular weight excluding hydrogens is 278 g/mol. The van der Waals surface area contributed by atoms with Crippen molar-refractivity contribution in [1.29, 1.82) is 0 Å². The van der Waals surface area contributed by atoms with Gasteiger partial charge in [-0.05, 0) is 42.0 Å². The SMILES string of the molecule is CCCCCCCCC1C=CC(c2ccc(F)c(F)c2)=CC1. The molecule has 22 heavy (non-hydrogen) atoms. The number of unbranched alkanes of at least 4 members (excludes halogenated alkanes) is 5. The lowest BCUT2D eigenvalue weighted by Gasteiger charge is -2.16. The van der Waals surface area contributed by atoms with Crippen LogP contribution in [0.25, 0.3) is 5.57 Å². The number of halogens is 2. The van der Waals surface area contributed by atoms with Crippen LogP contribution in [0.2, 0.25) is 0 Å². The maximum atomic E-state index is 13.3. The van der Waals surface area contributed by atoms with Gasteiger partial charge in [0.25, 0.3) is 0 Å². The van der Waals surface area contributed by atoms with Gasteiger partial charge in [0, 0.05) is 0 Å². The molecule has 0 N–H and O–H groups in total. The van der Waals surface area contributed by atoms with E-state index in [-0.39, 0.29) is 0 Å². The zero-order valence-electron chi connectivity index (χ0n) is 13.5. The Morgan fingerprint density at radius 1 is 1.00 bits per heavy atom. The van der Waals surface area contributed by atoms with Crippen molar-refractivity contribution in [2.45, 2.75) is 58.3 Å². The molecule has 0 saturated carbocycles. The zero-order valence-corrected chi connectivity index (χ0v) is 13.5. The summed E-state index contributed by atoms with van der Waals surface area (Å²) < 4.78 is 26.2. The maximum Gasteiger partial charge on any atom is 0.159 e. The van der Waals surface area contributed by atoms with Crippen molar-refractivity contribution in [3.05, 3.63) is 53.6 Å². The quantitative estimate of drug-likeness (QED) is 0.470. The van der Waals surface area contributed by atoms with Gasteiger partial charge in [-0.3, -0.25) is 0 Å². The van der Waals surface area contributed by atoms with Gasteiger partial charge in [-0.1, -0.05) is 69.7 Å². The highest BCUT2D eigenvalue weighted by Crippen LogP contribution is 2.28. The average Bonchev–Trinajstić information content (AvgIpc) is 2.54. The fourth-order valence-electron chi connectivity index (χ4n) is 2.96. The summed E-state index contributed by atoms with van der Waals surface area (Å²) in [6.45, 7) is 2.24. The lowest BCUT2D eigenvalue weighted by molar-refractivity contribution is 0.508. The molecule has 0 spiro atoms. The Bertz CT molecular complexity index is 529. The standard InChI is InChI=1S/C20H26F2/c1-2-3-4-5-6-7-8-16-9-11-17(12-10-16)18-13-14-19(21)20(22)15-18/h9,11-16H,2-8,10H2,1H3. The molecule has 1 atom stereocenters.